The maximum atomic E-state index is 4.87. The second-order valence-corrected chi connectivity index (χ2v) is 8.67. The SMILES string of the molecule is Cc1cc(Nc2nc(NC3CCN(C)CC3)c3c(ccn3-c3cnn(C)c3)n2)sn1. The number of rotatable bonds is 5. The van der Waals surface area contributed by atoms with E-state index < -0.39 is 0 Å². The third-order valence-corrected chi connectivity index (χ3v) is 6.22. The Morgan fingerprint density at radius 3 is 2.70 bits per heavy atom. The van der Waals surface area contributed by atoms with Crippen molar-refractivity contribution >= 4 is 39.3 Å². The summed E-state index contributed by atoms with van der Waals surface area (Å²) in [5, 5.41) is 12.3. The van der Waals surface area contributed by atoms with Crippen LogP contribution in [0.1, 0.15) is 18.5 Å². The summed E-state index contributed by atoms with van der Waals surface area (Å²) in [7, 11) is 4.09. The van der Waals surface area contributed by atoms with Gasteiger partial charge in [-0.15, -0.1) is 0 Å². The number of piperidine rings is 1. The van der Waals surface area contributed by atoms with Gasteiger partial charge in [-0.2, -0.15) is 14.5 Å². The van der Waals surface area contributed by atoms with Crippen molar-refractivity contribution in [2.24, 2.45) is 7.05 Å². The van der Waals surface area contributed by atoms with Crippen molar-refractivity contribution in [3.8, 4) is 5.69 Å². The van der Waals surface area contributed by atoms with Crippen LogP contribution in [0.25, 0.3) is 16.7 Å². The Morgan fingerprint density at radius 1 is 1.17 bits per heavy atom. The quantitative estimate of drug-likeness (QED) is 0.510. The van der Waals surface area contributed by atoms with Crippen LogP contribution in [0.15, 0.2) is 30.7 Å². The Bertz CT molecular complexity index is 1170. The molecule has 0 aromatic carbocycles. The zero-order chi connectivity index (χ0) is 20.7. The summed E-state index contributed by atoms with van der Waals surface area (Å²) in [4.78, 5) is 12.0. The minimum absolute atomic E-state index is 0.384. The van der Waals surface area contributed by atoms with Gasteiger partial charge in [0, 0.05) is 25.5 Å². The van der Waals surface area contributed by atoms with E-state index in [1.165, 1.54) is 11.5 Å². The molecule has 10 heteroatoms. The normalized spacial score (nSPS) is 15.7. The van der Waals surface area contributed by atoms with Crippen LogP contribution in [0.2, 0.25) is 0 Å². The molecule has 156 valence electrons. The smallest absolute Gasteiger partial charge is 0.230 e. The van der Waals surface area contributed by atoms with Crippen molar-refractivity contribution in [2.45, 2.75) is 25.8 Å². The average Bonchev–Trinajstić information content (AvgIpc) is 3.44. The van der Waals surface area contributed by atoms with Crippen molar-refractivity contribution in [2.75, 3.05) is 30.8 Å². The van der Waals surface area contributed by atoms with Gasteiger partial charge in [0.15, 0.2) is 5.82 Å². The lowest BCUT2D eigenvalue weighted by Crippen LogP contribution is -2.37. The van der Waals surface area contributed by atoms with E-state index in [1.807, 2.05) is 44.7 Å². The van der Waals surface area contributed by atoms with Gasteiger partial charge in [-0.1, -0.05) is 0 Å². The number of anilines is 3. The zero-order valence-corrected chi connectivity index (χ0v) is 18.1. The van der Waals surface area contributed by atoms with Crippen LogP contribution in [-0.4, -0.2) is 59.8 Å². The lowest BCUT2D eigenvalue weighted by Gasteiger charge is -2.30. The van der Waals surface area contributed by atoms with E-state index in [4.69, 9.17) is 9.97 Å². The van der Waals surface area contributed by atoms with E-state index in [1.54, 1.807) is 4.68 Å². The fourth-order valence-electron chi connectivity index (χ4n) is 3.83. The Hall–Kier alpha value is -2.98. The molecule has 0 unspecified atom stereocenters. The van der Waals surface area contributed by atoms with Crippen LogP contribution in [0.5, 0.6) is 0 Å². The molecular weight excluding hydrogens is 398 g/mol. The molecule has 0 amide bonds. The summed E-state index contributed by atoms with van der Waals surface area (Å²) in [5.41, 5.74) is 3.82. The summed E-state index contributed by atoms with van der Waals surface area (Å²) < 4.78 is 8.23. The van der Waals surface area contributed by atoms with Crippen LogP contribution >= 0.6 is 11.5 Å². The first-order chi connectivity index (χ1) is 14.5. The van der Waals surface area contributed by atoms with Gasteiger partial charge < -0.3 is 20.1 Å². The first kappa shape index (κ1) is 19.0. The van der Waals surface area contributed by atoms with Crippen molar-refractivity contribution in [1.82, 2.24) is 33.6 Å². The van der Waals surface area contributed by atoms with Gasteiger partial charge in [-0.05, 0) is 63.6 Å². The zero-order valence-electron chi connectivity index (χ0n) is 17.3. The van der Waals surface area contributed by atoms with E-state index in [2.05, 4.69) is 36.6 Å². The highest BCUT2D eigenvalue weighted by molar-refractivity contribution is 7.10. The van der Waals surface area contributed by atoms with Crippen LogP contribution in [0.3, 0.4) is 0 Å². The third-order valence-electron chi connectivity index (χ3n) is 5.43. The second kappa shape index (κ2) is 7.69. The second-order valence-electron chi connectivity index (χ2n) is 7.87. The largest absolute Gasteiger partial charge is 0.365 e. The number of aryl methyl sites for hydroxylation is 2. The molecule has 1 aliphatic rings. The molecular formula is C20H25N9S. The minimum Gasteiger partial charge on any atom is -0.365 e. The fourth-order valence-corrected chi connectivity index (χ4v) is 4.48. The van der Waals surface area contributed by atoms with Crippen molar-refractivity contribution in [1.29, 1.82) is 0 Å². The molecule has 30 heavy (non-hydrogen) atoms. The Morgan fingerprint density at radius 2 is 2.00 bits per heavy atom. The topological polar surface area (TPSA) is 88.7 Å². The molecule has 0 atom stereocenters. The number of hydrogen-bond acceptors (Lipinski definition) is 8. The predicted octanol–water partition coefficient (Wildman–Crippen LogP) is 3.17. The lowest BCUT2D eigenvalue weighted by molar-refractivity contribution is 0.263. The molecule has 4 aromatic rings. The van der Waals surface area contributed by atoms with E-state index in [0.717, 1.165) is 59.2 Å². The Kier molecular flexibility index (Phi) is 4.87. The van der Waals surface area contributed by atoms with Crippen molar-refractivity contribution in [3.05, 3.63) is 36.4 Å². The lowest BCUT2D eigenvalue weighted by atomic mass is 10.1. The predicted molar refractivity (Wildman–Crippen MR) is 120 cm³/mol. The molecule has 0 bridgehead atoms. The van der Waals surface area contributed by atoms with Crippen molar-refractivity contribution in [3.63, 3.8) is 0 Å². The number of fused-ring (bicyclic) bond motifs is 1. The summed E-state index contributed by atoms with van der Waals surface area (Å²) in [6, 6.07) is 4.41. The summed E-state index contributed by atoms with van der Waals surface area (Å²) >= 11 is 1.41. The minimum atomic E-state index is 0.384. The van der Waals surface area contributed by atoms with Gasteiger partial charge >= 0.3 is 0 Å². The van der Waals surface area contributed by atoms with Gasteiger partial charge in [0.1, 0.15) is 10.5 Å². The van der Waals surface area contributed by atoms with E-state index in [-0.39, 0.29) is 0 Å². The maximum absolute atomic E-state index is 4.87. The third kappa shape index (κ3) is 3.75. The number of aromatic nitrogens is 6. The van der Waals surface area contributed by atoms with E-state index in [0.29, 0.717) is 12.0 Å². The van der Waals surface area contributed by atoms with Crippen LogP contribution < -0.4 is 10.6 Å². The van der Waals surface area contributed by atoms with Gasteiger partial charge in [-0.25, -0.2) is 4.98 Å². The Balaban J connectivity index is 1.55. The molecule has 0 spiro atoms. The molecule has 0 aliphatic carbocycles. The Labute approximate surface area is 178 Å². The molecule has 1 aliphatic heterocycles. The maximum Gasteiger partial charge on any atom is 0.230 e. The highest BCUT2D eigenvalue weighted by Crippen LogP contribution is 2.29. The summed E-state index contributed by atoms with van der Waals surface area (Å²) in [6.07, 6.45) is 8.05. The van der Waals surface area contributed by atoms with Gasteiger partial charge in [0.05, 0.1) is 23.1 Å². The van der Waals surface area contributed by atoms with Crippen LogP contribution in [0, 0.1) is 6.92 Å². The molecule has 0 saturated carbocycles. The molecule has 2 N–H and O–H groups in total. The molecule has 1 saturated heterocycles. The first-order valence-corrected chi connectivity index (χ1v) is 10.9. The molecule has 5 heterocycles. The van der Waals surface area contributed by atoms with Gasteiger partial charge in [0.25, 0.3) is 0 Å². The van der Waals surface area contributed by atoms with Crippen LogP contribution in [-0.2, 0) is 7.05 Å². The van der Waals surface area contributed by atoms with Gasteiger partial charge in [-0.3, -0.25) is 4.68 Å². The highest BCUT2D eigenvalue weighted by Gasteiger charge is 2.21. The molecule has 5 rings (SSSR count). The molecule has 9 nitrogen and oxygen atoms in total. The molecule has 1 fully saturated rings. The molecule has 0 radical (unpaired) electrons. The summed E-state index contributed by atoms with van der Waals surface area (Å²) in [6.45, 7) is 4.15. The highest BCUT2D eigenvalue weighted by atomic mass is 32.1. The summed E-state index contributed by atoms with van der Waals surface area (Å²) in [5.74, 6) is 1.41. The van der Waals surface area contributed by atoms with Crippen LogP contribution in [0.4, 0.5) is 16.8 Å². The number of nitrogens with one attached hydrogen (secondary N) is 2. The first-order valence-electron chi connectivity index (χ1n) is 10.1. The fraction of sp³-hybridized carbons (Fsp3) is 0.400. The van der Waals surface area contributed by atoms with Crippen molar-refractivity contribution < 1.29 is 0 Å². The average molecular weight is 424 g/mol. The monoisotopic (exact) mass is 423 g/mol. The number of likely N-dealkylation sites (tertiary alicyclic amines) is 1. The number of hydrogen-bond donors (Lipinski definition) is 2. The standard InChI is InChI=1S/C20H25N9S/c1-13-10-17(30-26-13)24-20-23-16-6-9-29(15-11-21-28(3)12-15)18(16)19(25-20)22-14-4-7-27(2)8-5-14/h6,9-12,14H,4-5,7-8H2,1-3H3,(H2,22,23,24,25). The van der Waals surface area contributed by atoms with E-state index >= 15 is 0 Å². The number of nitrogens with zero attached hydrogens (tertiary/aromatic N) is 7. The molecule has 4 aromatic heterocycles. The van der Waals surface area contributed by atoms with Gasteiger partial charge in [0.2, 0.25) is 5.95 Å². The van der Waals surface area contributed by atoms with E-state index in [9.17, 15) is 0 Å².